The van der Waals surface area contributed by atoms with Gasteiger partial charge in [-0.2, -0.15) is 0 Å². The summed E-state index contributed by atoms with van der Waals surface area (Å²) in [4.78, 5) is 15.9. The Morgan fingerprint density at radius 2 is 2.00 bits per heavy atom. The summed E-state index contributed by atoms with van der Waals surface area (Å²) in [7, 11) is 0. The average Bonchev–Trinajstić information content (AvgIpc) is 2.81. The standard InChI is InChI=1S/C15H13NO3S/c1-7-4-13(17)19-15-8(2)14(18)11(5-10(7)15)12-6-20-9(3)16-12/h4-6,18H,1-3H3. The quantitative estimate of drug-likeness (QED) is 0.695. The molecule has 1 N–H and O–H groups in total. The molecule has 0 aliphatic carbocycles. The number of aryl methyl sites for hydroxylation is 3. The van der Waals surface area contributed by atoms with Crippen LogP contribution in [0.4, 0.5) is 0 Å². The average molecular weight is 287 g/mol. The van der Waals surface area contributed by atoms with Crippen LogP contribution in [-0.2, 0) is 0 Å². The first-order chi connectivity index (χ1) is 9.47. The molecule has 0 bridgehead atoms. The minimum Gasteiger partial charge on any atom is -0.507 e. The number of phenols is 1. The first-order valence-corrected chi connectivity index (χ1v) is 7.05. The fraction of sp³-hybridized carbons (Fsp3) is 0.200. The van der Waals surface area contributed by atoms with Gasteiger partial charge in [-0.3, -0.25) is 0 Å². The fourth-order valence-electron chi connectivity index (χ4n) is 2.28. The number of aromatic nitrogens is 1. The second kappa shape index (κ2) is 4.45. The zero-order valence-corrected chi connectivity index (χ0v) is 12.2. The summed E-state index contributed by atoms with van der Waals surface area (Å²) in [5.41, 5.74) is 2.81. The Bertz CT molecular complexity index is 877. The smallest absolute Gasteiger partial charge is 0.336 e. The molecule has 2 aromatic heterocycles. The van der Waals surface area contributed by atoms with Crippen molar-refractivity contribution in [1.82, 2.24) is 4.98 Å². The molecule has 102 valence electrons. The predicted molar refractivity (Wildman–Crippen MR) is 79.5 cm³/mol. The van der Waals surface area contributed by atoms with Gasteiger partial charge in [-0.25, -0.2) is 9.78 Å². The summed E-state index contributed by atoms with van der Waals surface area (Å²) in [6.45, 7) is 5.51. The van der Waals surface area contributed by atoms with E-state index in [-0.39, 0.29) is 5.75 Å². The number of fused-ring (bicyclic) bond motifs is 1. The second-order valence-electron chi connectivity index (χ2n) is 4.77. The zero-order valence-electron chi connectivity index (χ0n) is 11.4. The number of thiazole rings is 1. The van der Waals surface area contributed by atoms with E-state index < -0.39 is 5.63 Å². The molecule has 0 spiro atoms. The van der Waals surface area contributed by atoms with Crippen LogP contribution in [0.2, 0.25) is 0 Å². The summed E-state index contributed by atoms with van der Waals surface area (Å²) in [6, 6.07) is 3.28. The lowest BCUT2D eigenvalue weighted by Gasteiger charge is -2.09. The maximum atomic E-state index is 11.5. The lowest BCUT2D eigenvalue weighted by atomic mass is 10.0. The highest BCUT2D eigenvalue weighted by molar-refractivity contribution is 7.09. The van der Waals surface area contributed by atoms with Crippen molar-refractivity contribution in [2.24, 2.45) is 0 Å². The molecule has 0 aliphatic heterocycles. The Labute approximate surface area is 119 Å². The third kappa shape index (κ3) is 1.91. The largest absolute Gasteiger partial charge is 0.507 e. The number of rotatable bonds is 1. The monoisotopic (exact) mass is 287 g/mol. The Morgan fingerprint density at radius 3 is 2.65 bits per heavy atom. The molecule has 0 saturated carbocycles. The van der Waals surface area contributed by atoms with Gasteiger partial charge in [-0.1, -0.05) is 0 Å². The van der Waals surface area contributed by atoms with Gasteiger partial charge in [0.2, 0.25) is 0 Å². The molecule has 1 aromatic carbocycles. The van der Waals surface area contributed by atoms with Crippen molar-refractivity contribution in [3.63, 3.8) is 0 Å². The topological polar surface area (TPSA) is 63.3 Å². The van der Waals surface area contributed by atoms with Crippen LogP contribution >= 0.6 is 11.3 Å². The Kier molecular flexibility index (Phi) is 2.87. The summed E-state index contributed by atoms with van der Waals surface area (Å²) >= 11 is 1.53. The zero-order chi connectivity index (χ0) is 14.4. The van der Waals surface area contributed by atoms with E-state index in [1.165, 1.54) is 17.4 Å². The van der Waals surface area contributed by atoms with Crippen molar-refractivity contribution < 1.29 is 9.52 Å². The highest BCUT2D eigenvalue weighted by atomic mass is 32.1. The number of hydrogen-bond acceptors (Lipinski definition) is 5. The molecule has 4 nitrogen and oxygen atoms in total. The molecule has 0 aliphatic rings. The van der Waals surface area contributed by atoms with E-state index in [2.05, 4.69) is 4.98 Å². The molecule has 2 heterocycles. The van der Waals surface area contributed by atoms with E-state index in [1.54, 1.807) is 6.92 Å². The molecule has 3 aromatic rings. The Hall–Kier alpha value is -2.14. The highest BCUT2D eigenvalue weighted by Gasteiger charge is 2.16. The fourth-order valence-corrected chi connectivity index (χ4v) is 2.89. The number of benzene rings is 1. The number of hydrogen-bond donors (Lipinski definition) is 1. The van der Waals surface area contributed by atoms with Gasteiger partial charge in [0.25, 0.3) is 0 Å². The van der Waals surface area contributed by atoms with Crippen molar-refractivity contribution in [3.05, 3.63) is 44.1 Å². The van der Waals surface area contributed by atoms with Gasteiger partial charge in [0.05, 0.1) is 10.7 Å². The van der Waals surface area contributed by atoms with E-state index in [9.17, 15) is 9.90 Å². The van der Waals surface area contributed by atoms with E-state index >= 15 is 0 Å². The molecule has 0 saturated heterocycles. The van der Waals surface area contributed by atoms with Crippen LogP contribution in [0.1, 0.15) is 16.1 Å². The van der Waals surface area contributed by atoms with Crippen LogP contribution < -0.4 is 5.63 Å². The Balaban J connectivity index is 2.41. The van der Waals surface area contributed by atoms with Crippen LogP contribution in [0, 0.1) is 20.8 Å². The van der Waals surface area contributed by atoms with Crippen molar-refractivity contribution >= 4 is 22.3 Å². The van der Waals surface area contributed by atoms with Crippen molar-refractivity contribution in [2.45, 2.75) is 20.8 Å². The van der Waals surface area contributed by atoms with E-state index in [1.807, 2.05) is 25.3 Å². The molecule has 0 amide bonds. The SMILES string of the molecule is Cc1nc(-c2cc3c(C)cc(=O)oc3c(C)c2O)cs1. The maximum absolute atomic E-state index is 11.5. The van der Waals surface area contributed by atoms with Gasteiger partial charge in [-0.15, -0.1) is 11.3 Å². The van der Waals surface area contributed by atoms with Crippen LogP contribution in [0.25, 0.3) is 22.2 Å². The number of nitrogens with zero attached hydrogens (tertiary/aromatic N) is 1. The molecule has 0 fully saturated rings. The maximum Gasteiger partial charge on any atom is 0.336 e. The molecule has 5 heteroatoms. The lowest BCUT2D eigenvalue weighted by molar-refractivity contribution is 0.470. The van der Waals surface area contributed by atoms with E-state index in [4.69, 9.17) is 4.42 Å². The van der Waals surface area contributed by atoms with Gasteiger partial charge in [0, 0.05) is 28.0 Å². The first kappa shape index (κ1) is 12.9. The normalized spacial score (nSPS) is 11.2. The molecule has 0 radical (unpaired) electrons. The number of phenolic OH excluding ortho intramolecular Hbond substituents is 1. The highest BCUT2D eigenvalue weighted by Crippen LogP contribution is 2.37. The molecule has 0 atom stereocenters. The van der Waals surface area contributed by atoms with Gasteiger partial charge in [0.1, 0.15) is 11.3 Å². The Morgan fingerprint density at radius 1 is 1.25 bits per heavy atom. The van der Waals surface area contributed by atoms with Crippen LogP contribution in [0.3, 0.4) is 0 Å². The summed E-state index contributed by atoms with van der Waals surface area (Å²) in [5.74, 6) is 0.108. The molecule has 3 rings (SSSR count). The van der Waals surface area contributed by atoms with Gasteiger partial charge in [0.15, 0.2) is 0 Å². The van der Waals surface area contributed by atoms with Crippen LogP contribution in [-0.4, -0.2) is 10.1 Å². The third-order valence-corrected chi connectivity index (χ3v) is 4.11. The molecule has 0 unspecified atom stereocenters. The summed E-state index contributed by atoms with van der Waals surface area (Å²) in [6.07, 6.45) is 0. The second-order valence-corrected chi connectivity index (χ2v) is 5.84. The molecule has 20 heavy (non-hydrogen) atoms. The van der Waals surface area contributed by atoms with Crippen LogP contribution in [0.5, 0.6) is 5.75 Å². The van der Waals surface area contributed by atoms with E-state index in [0.29, 0.717) is 16.7 Å². The minimum absolute atomic E-state index is 0.108. The third-order valence-electron chi connectivity index (χ3n) is 3.34. The lowest BCUT2D eigenvalue weighted by Crippen LogP contribution is -1.99. The van der Waals surface area contributed by atoms with Gasteiger partial charge < -0.3 is 9.52 Å². The summed E-state index contributed by atoms with van der Waals surface area (Å²) < 4.78 is 5.22. The first-order valence-electron chi connectivity index (χ1n) is 6.17. The van der Waals surface area contributed by atoms with Crippen molar-refractivity contribution in [1.29, 1.82) is 0 Å². The summed E-state index contributed by atoms with van der Waals surface area (Å²) in [5, 5.41) is 14.0. The van der Waals surface area contributed by atoms with Crippen LogP contribution in [0.15, 0.2) is 26.7 Å². The molecular weight excluding hydrogens is 274 g/mol. The minimum atomic E-state index is -0.408. The number of aromatic hydroxyl groups is 1. The van der Waals surface area contributed by atoms with E-state index in [0.717, 1.165) is 21.7 Å². The van der Waals surface area contributed by atoms with Crippen molar-refractivity contribution in [3.8, 4) is 17.0 Å². The molecular formula is C15H13NO3S. The van der Waals surface area contributed by atoms with Crippen molar-refractivity contribution in [2.75, 3.05) is 0 Å². The van der Waals surface area contributed by atoms with Gasteiger partial charge >= 0.3 is 5.63 Å². The van der Waals surface area contributed by atoms with Gasteiger partial charge in [-0.05, 0) is 32.4 Å². The predicted octanol–water partition coefficient (Wildman–Crippen LogP) is 3.55.